The molecule has 0 saturated heterocycles. The fourth-order valence-corrected chi connectivity index (χ4v) is 3.42. The molecule has 0 saturated carbocycles. The largest absolute Gasteiger partial charge is 0.339 e. The summed E-state index contributed by atoms with van der Waals surface area (Å²) < 4.78 is 30.1. The van der Waals surface area contributed by atoms with E-state index in [1.165, 1.54) is 18.2 Å². The molecule has 0 radical (unpaired) electrons. The van der Waals surface area contributed by atoms with E-state index >= 15 is 0 Å². The molecule has 148 valence electrons. The average Bonchev–Trinajstić information content (AvgIpc) is 3.38. The van der Waals surface area contributed by atoms with Gasteiger partial charge < -0.3 is 4.98 Å². The first-order valence-corrected chi connectivity index (χ1v) is 9.43. The minimum absolute atomic E-state index is 0.104. The fraction of sp³-hybridized carbons (Fsp3) is 0.0909. The maximum atomic E-state index is 14.2. The Morgan fingerprint density at radius 3 is 2.57 bits per heavy atom. The number of hydrogen-bond acceptors (Lipinski definition) is 4. The van der Waals surface area contributed by atoms with Crippen LogP contribution in [0.25, 0.3) is 45.1 Å². The summed E-state index contributed by atoms with van der Waals surface area (Å²) in [6.45, 7) is 2.60. The molecule has 1 N–H and O–H groups in total. The highest BCUT2D eigenvalue weighted by atomic mass is 19.1. The van der Waals surface area contributed by atoms with Gasteiger partial charge in [-0.25, -0.2) is 23.4 Å². The Bertz CT molecular complexity index is 1340. The second kappa shape index (κ2) is 7.14. The van der Waals surface area contributed by atoms with Crippen molar-refractivity contribution in [1.29, 1.82) is 0 Å². The van der Waals surface area contributed by atoms with E-state index in [2.05, 4.69) is 25.0 Å². The van der Waals surface area contributed by atoms with Crippen LogP contribution >= 0.6 is 0 Å². The number of rotatable bonds is 4. The number of aryl methyl sites for hydroxylation is 1. The number of aromatic nitrogens is 6. The summed E-state index contributed by atoms with van der Waals surface area (Å²) in [6, 6.07) is 11.1. The lowest BCUT2D eigenvalue weighted by Crippen LogP contribution is -2.00. The molecule has 5 aromatic rings. The first-order valence-electron chi connectivity index (χ1n) is 9.43. The van der Waals surface area contributed by atoms with E-state index in [1.54, 1.807) is 29.3 Å². The minimum atomic E-state index is -0.631. The van der Waals surface area contributed by atoms with Crippen molar-refractivity contribution >= 4 is 11.0 Å². The number of benzene rings is 1. The van der Waals surface area contributed by atoms with E-state index in [-0.39, 0.29) is 5.56 Å². The van der Waals surface area contributed by atoms with Crippen LogP contribution in [-0.4, -0.2) is 29.7 Å². The summed E-state index contributed by atoms with van der Waals surface area (Å²) in [7, 11) is 0. The van der Waals surface area contributed by atoms with Gasteiger partial charge in [-0.05, 0) is 43.3 Å². The Kier molecular flexibility index (Phi) is 4.31. The van der Waals surface area contributed by atoms with Gasteiger partial charge >= 0.3 is 0 Å². The van der Waals surface area contributed by atoms with Crippen molar-refractivity contribution in [2.45, 2.75) is 13.5 Å². The summed E-state index contributed by atoms with van der Waals surface area (Å²) in [4.78, 5) is 16.2. The van der Waals surface area contributed by atoms with Gasteiger partial charge in [0.15, 0.2) is 11.6 Å². The topological polar surface area (TPSA) is 72.3 Å². The third-order valence-electron chi connectivity index (χ3n) is 4.85. The second-order valence-electron chi connectivity index (χ2n) is 6.76. The SMILES string of the molecule is CCn1nc(-c2cccnc2)nc1-c1cnc2[nH]c(-c3c(F)cccc3F)cc2c1. The van der Waals surface area contributed by atoms with Crippen LogP contribution in [0.15, 0.2) is 61.1 Å². The number of H-pyrrole nitrogens is 1. The molecule has 0 fully saturated rings. The summed E-state index contributed by atoms with van der Waals surface area (Å²) in [5.41, 5.74) is 2.34. The van der Waals surface area contributed by atoms with E-state index in [1.807, 2.05) is 25.1 Å². The highest BCUT2D eigenvalue weighted by molar-refractivity contribution is 5.86. The Balaban J connectivity index is 1.60. The summed E-state index contributed by atoms with van der Waals surface area (Å²) >= 11 is 0. The number of nitrogens with zero attached hydrogens (tertiary/aromatic N) is 5. The molecule has 5 rings (SSSR count). The van der Waals surface area contributed by atoms with Crippen LogP contribution in [0.2, 0.25) is 0 Å². The zero-order valence-electron chi connectivity index (χ0n) is 16.0. The normalized spacial score (nSPS) is 11.3. The average molecular weight is 402 g/mol. The minimum Gasteiger partial charge on any atom is -0.339 e. The van der Waals surface area contributed by atoms with Gasteiger partial charge in [-0.15, -0.1) is 0 Å². The van der Waals surface area contributed by atoms with Gasteiger partial charge in [0, 0.05) is 41.6 Å². The third kappa shape index (κ3) is 3.02. The molecule has 0 atom stereocenters. The lowest BCUT2D eigenvalue weighted by molar-refractivity contribution is 0.589. The molecular formula is C22H16F2N6. The van der Waals surface area contributed by atoms with Crippen LogP contribution in [0, 0.1) is 11.6 Å². The van der Waals surface area contributed by atoms with Crippen molar-refractivity contribution in [2.75, 3.05) is 0 Å². The lowest BCUT2D eigenvalue weighted by Gasteiger charge is -2.02. The number of fused-ring (bicyclic) bond motifs is 1. The standard InChI is InChI=1S/C22H16F2N6/c1-2-30-22(28-21(29-30)13-5-4-8-25-11-13)15-9-14-10-18(27-20(14)26-12-15)19-16(23)6-3-7-17(19)24/h3-12H,2H2,1H3,(H,26,27). The summed E-state index contributed by atoms with van der Waals surface area (Å²) in [6.07, 6.45) is 5.08. The number of pyridine rings is 2. The Labute approximate surface area is 170 Å². The van der Waals surface area contributed by atoms with Crippen LogP contribution in [-0.2, 0) is 6.54 Å². The highest BCUT2D eigenvalue weighted by Crippen LogP contribution is 2.30. The van der Waals surface area contributed by atoms with Crippen LogP contribution in [0.5, 0.6) is 0 Å². The van der Waals surface area contributed by atoms with Crippen LogP contribution in [0.3, 0.4) is 0 Å². The van der Waals surface area contributed by atoms with E-state index in [0.717, 1.165) is 16.5 Å². The van der Waals surface area contributed by atoms with E-state index in [0.29, 0.717) is 29.5 Å². The maximum absolute atomic E-state index is 14.2. The molecule has 30 heavy (non-hydrogen) atoms. The molecule has 0 aliphatic heterocycles. The molecule has 0 amide bonds. The van der Waals surface area contributed by atoms with Crippen molar-refractivity contribution in [3.8, 4) is 34.0 Å². The van der Waals surface area contributed by atoms with Crippen LogP contribution in [0.4, 0.5) is 8.78 Å². The van der Waals surface area contributed by atoms with Crippen molar-refractivity contribution < 1.29 is 8.78 Å². The molecular weight excluding hydrogens is 386 g/mol. The van der Waals surface area contributed by atoms with Crippen molar-refractivity contribution in [2.24, 2.45) is 0 Å². The number of hydrogen-bond donors (Lipinski definition) is 1. The van der Waals surface area contributed by atoms with E-state index < -0.39 is 11.6 Å². The number of nitrogens with one attached hydrogen (secondary N) is 1. The smallest absolute Gasteiger partial charge is 0.183 e. The number of halogens is 2. The maximum Gasteiger partial charge on any atom is 0.183 e. The molecule has 4 heterocycles. The van der Waals surface area contributed by atoms with Gasteiger partial charge in [-0.1, -0.05) is 6.07 Å². The monoisotopic (exact) mass is 402 g/mol. The first-order chi connectivity index (χ1) is 14.6. The Hall–Kier alpha value is -3.94. The Morgan fingerprint density at radius 2 is 1.83 bits per heavy atom. The molecule has 0 aliphatic rings. The molecule has 8 heteroatoms. The van der Waals surface area contributed by atoms with Gasteiger partial charge in [-0.2, -0.15) is 5.10 Å². The zero-order chi connectivity index (χ0) is 20.7. The first kappa shape index (κ1) is 18.1. The summed E-state index contributed by atoms with van der Waals surface area (Å²) in [5.74, 6) is -0.0314. The van der Waals surface area contributed by atoms with E-state index in [9.17, 15) is 8.78 Å². The van der Waals surface area contributed by atoms with Gasteiger partial charge in [0.1, 0.15) is 17.3 Å². The van der Waals surface area contributed by atoms with Gasteiger partial charge in [-0.3, -0.25) is 4.98 Å². The third-order valence-corrected chi connectivity index (χ3v) is 4.85. The molecule has 1 aromatic carbocycles. The van der Waals surface area contributed by atoms with Crippen LogP contribution < -0.4 is 0 Å². The van der Waals surface area contributed by atoms with E-state index in [4.69, 9.17) is 0 Å². The number of aromatic amines is 1. The fourth-order valence-electron chi connectivity index (χ4n) is 3.42. The zero-order valence-corrected chi connectivity index (χ0v) is 16.0. The molecule has 0 unspecified atom stereocenters. The van der Waals surface area contributed by atoms with Gasteiger partial charge in [0.05, 0.1) is 11.3 Å². The molecule has 4 aromatic heterocycles. The van der Waals surface area contributed by atoms with Crippen molar-refractivity contribution in [1.82, 2.24) is 29.7 Å². The second-order valence-corrected chi connectivity index (χ2v) is 6.76. The molecule has 6 nitrogen and oxygen atoms in total. The van der Waals surface area contributed by atoms with Crippen molar-refractivity contribution in [3.05, 3.63) is 72.7 Å². The molecule has 0 spiro atoms. The Morgan fingerprint density at radius 1 is 1.00 bits per heavy atom. The van der Waals surface area contributed by atoms with Crippen LogP contribution in [0.1, 0.15) is 6.92 Å². The molecule has 0 bridgehead atoms. The highest BCUT2D eigenvalue weighted by Gasteiger charge is 2.17. The van der Waals surface area contributed by atoms with Crippen molar-refractivity contribution in [3.63, 3.8) is 0 Å². The van der Waals surface area contributed by atoms with Gasteiger partial charge in [0.25, 0.3) is 0 Å². The summed E-state index contributed by atoms with van der Waals surface area (Å²) in [5, 5.41) is 5.28. The predicted octanol–water partition coefficient (Wildman–Crippen LogP) is 4.85. The quantitative estimate of drug-likeness (QED) is 0.467. The lowest BCUT2D eigenvalue weighted by atomic mass is 10.1. The van der Waals surface area contributed by atoms with Gasteiger partial charge in [0.2, 0.25) is 0 Å². The molecule has 0 aliphatic carbocycles. The predicted molar refractivity (Wildman–Crippen MR) is 109 cm³/mol.